The largest absolute Gasteiger partial charge is 0.458 e. The molecule has 4 heteroatoms. The monoisotopic (exact) mass is 324 g/mol. The van der Waals surface area contributed by atoms with Gasteiger partial charge in [0.25, 0.3) is 0 Å². The number of allylic oxidation sites excluding steroid dienone is 1. The summed E-state index contributed by atoms with van der Waals surface area (Å²) in [5, 5.41) is 10.5. The molecule has 0 spiro atoms. The minimum absolute atomic E-state index is 0.0903. The molecule has 0 radical (unpaired) electrons. The fourth-order valence-electron chi connectivity index (χ4n) is 2.96. The highest BCUT2D eigenvalue weighted by atomic mass is 16.5. The van der Waals surface area contributed by atoms with Crippen molar-refractivity contribution in [3.8, 4) is 0 Å². The highest BCUT2D eigenvalue weighted by molar-refractivity contribution is 5.69. The van der Waals surface area contributed by atoms with Crippen LogP contribution >= 0.6 is 0 Å². The Bertz CT molecular complexity index is 425. The molecule has 1 N–H and O–H groups in total. The zero-order chi connectivity index (χ0) is 17.4. The number of esters is 1. The molecule has 1 heterocycles. The van der Waals surface area contributed by atoms with E-state index in [0.29, 0.717) is 6.42 Å². The van der Waals surface area contributed by atoms with Crippen molar-refractivity contribution in [2.45, 2.75) is 71.7 Å². The third-order valence-electron chi connectivity index (χ3n) is 4.31. The highest BCUT2D eigenvalue weighted by Gasteiger charge is 2.25. The van der Waals surface area contributed by atoms with Gasteiger partial charge in [-0.15, -0.1) is 0 Å². The van der Waals surface area contributed by atoms with Crippen molar-refractivity contribution in [2.75, 3.05) is 7.11 Å². The molecule has 0 aliphatic carbocycles. The molecular formula is C19H32O4. The maximum absolute atomic E-state index is 12.0. The lowest BCUT2D eigenvalue weighted by Gasteiger charge is -2.26. The van der Waals surface area contributed by atoms with Crippen LogP contribution < -0.4 is 0 Å². The van der Waals surface area contributed by atoms with E-state index >= 15 is 0 Å². The molecule has 0 bridgehead atoms. The van der Waals surface area contributed by atoms with Gasteiger partial charge in [-0.3, -0.25) is 4.79 Å². The van der Waals surface area contributed by atoms with Crippen molar-refractivity contribution in [3.63, 3.8) is 0 Å². The van der Waals surface area contributed by atoms with Gasteiger partial charge in [0.15, 0.2) is 0 Å². The van der Waals surface area contributed by atoms with E-state index < -0.39 is 6.10 Å². The molecule has 0 fully saturated rings. The number of aliphatic hydroxyl groups is 1. The van der Waals surface area contributed by atoms with E-state index in [2.05, 4.69) is 0 Å². The van der Waals surface area contributed by atoms with Gasteiger partial charge in [-0.05, 0) is 37.7 Å². The quantitative estimate of drug-likeness (QED) is 0.622. The van der Waals surface area contributed by atoms with E-state index in [-0.39, 0.29) is 30.0 Å². The Kier molecular flexibility index (Phi) is 8.56. The van der Waals surface area contributed by atoms with E-state index in [9.17, 15) is 9.90 Å². The molecule has 0 aromatic rings. The number of methoxy groups -OCH3 is 1. The first-order valence-corrected chi connectivity index (χ1v) is 8.62. The smallest absolute Gasteiger partial charge is 0.306 e. The number of hydrogen-bond acceptors (Lipinski definition) is 4. The van der Waals surface area contributed by atoms with Crippen LogP contribution in [0.3, 0.4) is 0 Å². The zero-order valence-electron chi connectivity index (χ0n) is 15.1. The second-order valence-corrected chi connectivity index (χ2v) is 6.79. The number of rotatable bonds is 2. The molecule has 0 saturated heterocycles. The summed E-state index contributed by atoms with van der Waals surface area (Å²) >= 11 is 0. The Morgan fingerprint density at radius 2 is 2.04 bits per heavy atom. The van der Waals surface area contributed by atoms with Gasteiger partial charge >= 0.3 is 5.97 Å². The minimum Gasteiger partial charge on any atom is -0.458 e. The molecule has 4 nitrogen and oxygen atoms in total. The minimum atomic E-state index is -0.627. The molecule has 1 unspecified atom stereocenters. The Labute approximate surface area is 140 Å². The molecule has 1 aliphatic rings. The summed E-state index contributed by atoms with van der Waals surface area (Å²) in [6, 6.07) is 0. The molecule has 23 heavy (non-hydrogen) atoms. The van der Waals surface area contributed by atoms with Crippen LogP contribution in [0.2, 0.25) is 0 Å². The van der Waals surface area contributed by atoms with Crippen molar-refractivity contribution < 1.29 is 19.4 Å². The molecule has 1 rings (SSSR count). The van der Waals surface area contributed by atoms with Crippen LogP contribution in [-0.4, -0.2) is 36.5 Å². The van der Waals surface area contributed by atoms with Crippen LogP contribution in [0.5, 0.6) is 0 Å². The predicted octanol–water partition coefficient (Wildman–Crippen LogP) is 3.64. The molecule has 0 aromatic carbocycles. The van der Waals surface area contributed by atoms with E-state index in [1.54, 1.807) is 7.11 Å². The Balaban J connectivity index is 3.02. The summed E-state index contributed by atoms with van der Waals surface area (Å²) in [6.45, 7) is 8.00. The first-order valence-electron chi connectivity index (χ1n) is 8.62. The summed E-state index contributed by atoms with van der Waals surface area (Å²) in [5.74, 6) is -0.0292. The SMILES string of the molecule is COC1/C=C\CCCCC(=O)O[C@@H](C(C)C)/C(C)=C/[C@@H](C)[C@@H]1O. The number of cyclic esters (lactones) is 1. The van der Waals surface area contributed by atoms with Crippen molar-refractivity contribution in [3.05, 3.63) is 23.8 Å². The average Bonchev–Trinajstić information content (AvgIpc) is 2.50. The lowest BCUT2D eigenvalue weighted by molar-refractivity contribution is -0.149. The fraction of sp³-hybridized carbons (Fsp3) is 0.737. The Hall–Kier alpha value is -1.13. The normalized spacial score (nSPS) is 35.1. The van der Waals surface area contributed by atoms with Crippen LogP contribution in [0, 0.1) is 11.8 Å². The first kappa shape index (κ1) is 19.9. The van der Waals surface area contributed by atoms with Gasteiger partial charge in [0.05, 0.1) is 6.10 Å². The molecule has 0 aromatic heterocycles. The maximum atomic E-state index is 12.0. The van der Waals surface area contributed by atoms with Crippen molar-refractivity contribution >= 4 is 5.97 Å². The summed E-state index contributed by atoms with van der Waals surface area (Å²) in [6.07, 6.45) is 7.82. The Morgan fingerprint density at radius 3 is 2.65 bits per heavy atom. The molecule has 0 amide bonds. The zero-order valence-corrected chi connectivity index (χ0v) is 15.1. The van der Waals surface area contributed by atoms with Gasteiger partial charge in [0.2, 0.25) is 0 Å². The van der Waals surface area contributed by atoms with Crippen LogP contribution in [0.15, 0.2) is 23.8 Å². The van der Waals surface area contributed by atoms with Crippen molar-refractivity contribution in [1.82, 2.24) is 0 Å². The second-order valence-electron chi connectivity index (χ2n) is 6.79. The van der Waals surface area contributed by atoms with Gasteiger partial charge in [-0.25, -0.2) is 0 Å². The van der Waals surface area contributed by atoms with Crippen molar-refractivity contribution in [2.24, 2.45) is 11.8 Å². The summed E-state index contributed by atoms with van der Waals surface area (Å²) in [7, 11) is 1.61. The lowest BCUT2D eigenvalue weighted by Crippen LogP contribution is -2.32. The van der Waals surface area contributed by atoms with Crippen LogP contribution in [-0.2, 0) is 14.3 Å². The van der Waals surface area contributed by atoms with Crippen LogP contribution in [0.1, 0.15) is 53.4 Å². The number of carbonyl (C=O) groups excluding carboxylic acids is 1. The Morgan fingerprint density at radius 1 is 1.35 bits per heavy atom. The third kappa shape index (κ3) is 6.48. The van der Waals surface area contributed by atoms with Gasteiger partial charge in [0, 0.05) is 19.4 Å². The van der Waals surface area contributed by atoms with Crippen molar-refractivity contribution in [1.29, 1.82) is 0 Å². The third-order valence-corrected chi connectivity index (χ3v) is 4.31. The number of carbonyl (C=O) groups is 1. The van der Waals surface area contributed by atoms with Crippen LogP contribution in [0.25, 0.3) is 0 Å². The number of ether oxygens (including phenoxy) is 2. The molecule has 0 saturated carbocycles. The average molecular weight is 324 g/mol. The summed E-state index contributed by atoms with van der Waals surface area (Å²) < 4.78 is 11.1. The summed E-state index contributed by atoms with van der Waals surface area (Å²) in [5.41, 5.74) is 0.982. The van der Waals surface area contributed by atoms with E-state index in [1.165, 1.54) is 0 Å². The molecular weight excluding hydrogens is 292 g/mol. The van der Waals surface area contributed by atoms with Crippen LogP contribution in [0.4, 0.5) is 0 Å². The first-order chi connectivity index (χ1) is 10.9. The second kappa shape index (κ2) is 9.89. The molecule has 132 valence electrons. The number of hydrogen-bond donors (Lipinski definition) is 1. The van der Waals surface area contributed by atoms with Gasteiger partial charge in [-0.1, -0.05) is 39.0 Å². The predicted molar refractivity (Wildman–Crippen MR) is 92.1 cm³/mol. The summed E-state index contributed by atoms with van der Waals surface area (Å²) in [4.78, 5) is 12.0. The van der Waals surface area contributed by atoms with Gasteiger partial charge in [-0.2, -0.15) is 0 Å². The van der Waals surface area contributed by atoms with E-state index in [0.717, 1.165) is 24.8 Å². The fourth-order valence-corrected chi connectivity index (χ4v) is 2.96. The van der Waals surface area contributed by atoms with E-state index in [4.69, 9.17) is 9.47 Å². The number of aliphatic hydroxyl groups excluding tert-OH is 1. The maximum Gasteiger partial charge on any atom is 0.306 e. The topological polar surface area (TPSA) is 55.8 Å². The van der Waals surface area contributed by atoms with Gasteiger partial charge in [0.1, 0.15) is 12.2 Å². The molecule has 1 aliphatic heterocycles. The van der Waals surface area contributed by atoms with Gasteiger partial charge < -0.3 is 14.6 Å². The lowest BCUT2D eigenvalue weighted by atomic mass is 9.92. The van der Waals surface area contributed by atoms with E-state index in [1.807, 2.05) is 45.9 Å². The highest BCUT2D eigenvalue weighted by Crippen LogP contribution is 2.22. The standard InChI is InChI=1S/C19H32O4/c1-13(2)19-15(4)12-14(3)18(21)16(22-5)10-8-6-7-9-11-17(20)23-19/h8,10,12-14,16,18-19,21H,6-7,9,11H2,1-5H3/b10-8-,15-12+/t14-,16?,18+,19+/m1/s1. The molecule has 4 atom stereocenters.